The van der Waals surface area contributed by atoms with E-state index in [9.17, 15) is 20.1 Å². The van der Waals surface area contributed by atoms with Crippen molar-refractivity contribution in [1.82, 2.24) is 0 Å². The van der Waals surface area contributed by atoms with Gasteiger partial charge in [0.1, 0.15) is 6.10 Å². The third-order valence-corrected chi connectivity index (χ3v) is 5.66. The first-order valence-electron chi connectivity index (χ1n) is 8.73. The van der Waals surface area contributed by atoms with E-state index in [2.05, 4.69) is 0 Å². The van der Waals surface area contributed by atoms with Crippen LogP contribution >= 0.6 is 0 Å². The van der Waals surface area contributed by atoms with E-state index in [-0.39, 0.29) is 23.7 Å². The van der Waals surface area contributed by atoms with Crippen LogP contribution in [0.2, 0.25) is 0 Å². The Morgan fingerprint density at radius 1 is 1.12 bits per heavy atom. The van der Waals surface area contributed by atoms with Crippen molar-refractivity contribution in [2.75, 3.05) is 6.61 Å². The van der Waals surface area contributed by atoms with Crippen LogP contribution < -0.4 is 0 Å². The molecule has 0 heterocycles. The van der Waals surface area contributed by atoms with Crippen LogP contribution in [0.15, 0.2) is 34.9 Å². The Balaban J connectivity index is 2.32. The fraction of sp³-hybridized carbons (Fsp3) is 0.650. The highest BCUT2D eigenvalue weighted by atomic mass is 16.3. The molecule has 0 unspecified atom stereocenters. The normalized spacial score (nSPS) is 45.0. The van der Waals surface area contributed by atoms with Crippen LogP contribution in [0.25, 0.3) is 0 Å². The summed E-state index contributed by atoms with van der Waals surface area (Å²) in [5.41, 5.74) is 2.28. The largest absolute Gasteiger partial charge is 0.396 e. The van der Waals surface area contributed by atoms with Crippen LogP contribution in [-0.4, -0.2) is 39.9 Å². The summed E-state index contributed by atoms with van der Waals surface area (Å²) in [6.45, 7) is 7.69. The molecule has 0 aromatic rings. The second-order valence-corrected chi connectivity index (χ2v) is 7.79. The van der Waals surface area contributed by atoms with E-state index in [4.69, 9.17) is 0 Å². The van der Waals surface area contributed by atoms with Gasteiger partial charge in [-0.1, -0.05) is 30.2 Å². The molecule has 1 fully saturated rings. The lowest BCUT2D eigenvalue weighted by atomic mass is 9.99. The maximum Gasteiger partial charge on any atom is 0.190 e. The molecule has 4 nitrogen and oxygen atoms in total. The van der Waals surface area contributed by atoms with E-state index in [0.717, 1.165) is 24.0 Å². The number of Topliss-reactive ketones (excluding diaryl/α,β-unsaturated/α-hetero) is 1. The molecule has 0 bridgehead atoms. The van der Waals surface area contributed by atoms with Gasteiger partial charge in [0.05, 0.1) is 6.10 Å². The summed E-state index contributed by atoms with van der Waals surface area (Å²) in [5.74, 6) is 0.172. The van der Waals surface area contributed by atoms with Crippen molar-refractivity contribution in [1.29, 1.82) is 0 Å². The Hall–Kier alpha value is -1.23. The number of fused-ring (bicyclic) bond motifs is 1. The molecule has 2 rings (SSSR count). The summed E-state index contributed by atoms with van der Waals surface area (Å²) in [4.78, 5) is 12.4. The number of carbonyl (C=O) groups excluding carboxylic acids is 1. The molecule has 0 spiro atoms. The first-order chi connectivity index (χ1) is 11.2. The zero-order valence-corrected chi connectivity index (χ0v) is 15.1. The van der Waals surface area contributed by atoms with Gasteiger partial charge in [-0.3, -0.25) is 4.79 Å². The highest BCUT2D eigenvalue weighted by Gasteiger charge is 2.58. The number of hydrogen-bond acceptors (Lipinski definition) is 4. The van der Waals surface area contributed by atoms with Gasteiger partial charge >= 0.3 is 0 Å². The van der Waals surface area contributed by atoms with Gasteiger partial charge in [-0.2, -0.15) is 0 Å². The standard InChI is InChI=1S/C20H30O4/c1-12-5-6-16-17(20(16,4)11-21)10-14(3)19(24)18(23)9-13(2)8-15(22)7-12/h7,9-10,15-18,21-23H,5-6,8,11H2,1-4H3/b12-7-,13-9-,14-10-/t15-,16-,17+,18+,20-/m0/s1. The Morgan fingerprint density at radius 3 is 2.42 bits per heavy atom. The minimum absolute atomic E-state index is 0.0905. The van der Waals surface area contributed by atoms with Crippen LogP contribution in [0.5, 0.6) is 0 Å². The number of hydrogen-bond donors (Lipinski definition) is 3. The second kappa shape index (κ2) is 7.34. The van der Waals surface area contributed by atoms with Crippen molar-refractivity contribution >= 4 is 5.78 Å². The minimum Gasteiger partial charge on any atom is -0.396 e. The first-order valence-corrected chi connectivity index (χ1v) is 8.73. The maximum atomic E-state index is 12.4. The zero-order valence-electron chi connectivity index (χ0n) is 15.1. The van der Waals surface area contributed by atoms with Gasteiger partial charge in [0.2, 0.25) is 0 Å². The third-order valence-electron chi connectivity index (χ3n) is 5.66. The van der Waals surface area contributed by atoms with Crippen LogP contribution in [0.4, 0.5) is 0 Å². The van der Waals surface area contributed by atoms with Crippen molar-refractivity contribution in [3.8, 4) is 0 Å². The van der Waals surface area contributed by atoms with Crippen molar-refractivity contribution < 1.29 is 20.1 Å². The molecule has 0 aromatic heterocycles. The summed E-state index contributed by atoms with van der Waals surface area (Å²) in [7, 11) is 0. The highest BCUT2D eigenvalue weighted by Crippen LogP contribution is 2.61. The molecule has 0 saturated heterocycles. The molecule has 5 atom stereocenters. The molecule has 24 heavy (non-hydrogen) atoms. The van der Waals surface area contributed by atoms with Crippen LogP contribution in [-0.2, 0) is 4.79 Å². The molecular formula is C20H30O4. The first kappa shape index (κ1) is 19.1. The van der Waals surface area contributed by atoms with Crippen LogP contribution in [0.3, 0.4) is 0 Å². The van der Waals surface area contributed by atoms with Gasteiger partial charge < -0.3 is 15.3 Å². The van der Waals surface area contributed by atoms with E-state index >= 15 is 0 Å². The predicted octanol–water partition coefficient (Wildman–Crippen LogP) is 2.54. The van der Waals surface area contributed by atoms with Gasteiger partial charge in [0, 0.05) is 12.0 Å². The molecule has 134 valence electrons. The zero-order chi connectivity index (χ0) is 18.1. The molecular weight excluding hydrogens is 304 g/mol. The molecule has 1 saturated carbocycles. The molecule has 4 heteroatoms. The van der Waals surface area contributed by atoms with Crippen molar-refractivity contribution in [2.24, 2.45) is 17.3 Å². The fourth-order valence-corrected chi connectivity index (χ4v) is 3.92. The Bertz CT molecular complexity index is 586. The average Bonchev–Trinajstić information content (AvgIpc) is 3.06. The van der Waals surface area contributed by atoms with Gasteiger partial charge in [0.15, 0.2) is 5.78 Å². The minimum atomic E-state index is -1.18. The maximum absolute atomic E-state index is 12.4. The number of aliphatic hydroxyl groups excluding tert-OH is 3. The molecule has 2 aliphatic rings. The number of aliphatic hydroxyl groups is 3. The topological polar surface area (TPSA) is 77.8 Å². The highest BCUT2D eigenvalue weighted by molar-refractivity contribution is 5.99. The summed E-state index contributed by atoms with van der Waals surface area (Å²) >= 11 is 0. The summed E-state index contributed by atoms with van der Waals surface area (Å²) < 4.78 is 0. The fourth-order valence-electron chi connectivity index (χ4n) is 3.92. The van der Waals surface area contributed by atoms with Gasteiger partial charge in [-0.05, 0) is 63.5 Å². The average molecular weight is 334 g/mol. The Kier molecular flexibility index (Phi) is 5.84. The lowest BCUT2D eigenvalue weighted by Crippen LogP contribution is -2.20. The quantitative estimate of drug-likeness (QED) is 0.644. The summed E-state index contributed by atoms with van der Waals surface area (Å²) in [6.07, 6.45) is 5.72. The molecule has 0 amide bonds. The Morgan fingerprint density at radius 2 is 1.79 bits per heavy atom. The van der Waals surface area contributed by atoms with Crippen molar-refractivity contribution in [2.45, 2.75) is 59.2 Å². The Labute approximate surface area is 144 Å². The lowest BCUT2D eigenvalue weighted by molar-refractivity contribution is -0.121. The van der Waals surface area contributed by atoms with E-state index < -0.39 is 12.2 Å². The second-order valence-electron chi connectivity index (χ2n) is 7.79. The monoisotopic (exact) mass is 334 g/mol. The third kappa shape index (κ3) is 4.05. The van der Waals surface area contributed by atoms with Crippen LogP contribution in [0.1, 0.15) is 47.0 Å². The summed E-state index contributed by atoms with van der Waals surface area (Å²) in [6, 6.07) is 0. The number of carbonyl (C=O) groups is 1. The molecule has 3 N–H and O–H groups in total. The number of ketones is 1. The molecule has 0 aromatic carbocycles. The van der Waals surface area contributed by atoms with E-state index in [1.54, 1.807) is 6.92 Å². The van der Waals surface area contributed by atoms with Crippen LogP contribution in [0, 0.1) is 17.3 Å². The molecule has 0 radical (unpaired) electrons. The van der Waals surface area contributed by atoms with E-state index in [1.165, 1.54) is 6.08 Å². The van der Waals surface area contributed by atoms with E-state index in [1.807, 2.05) is 32.9 Å². The van der Waals surface area contributed by atoms with Gasteiger partial charge in [-0.25, -0.2) is 0 Å². The molecule has 2 aliphatic carbocycles. The lowest BCUT2D eigenvalue weighted by Gasteiger charge is -2.12. The van der Waals surface area contributed by atoms with E-state index in [0.29, 0.717) is 17.9 Å². The van der Waals surface area contributed by atoms with Crippen molar-refractivity contribution in [3.63, 3.8) is 0 Å². The predicted molar refractivity (Wildman–Crippen MR) is 94.3 cm³/mol. The smallest absolute Gasteiger partial charge is 0.190 e. The SMILES string of the molecule is C/C1=C/[C@H](O)C/C(C)=C\[C@@H](O)C(=O)/C(C)=C\[C@@H]2[C@H](CC1)[C@]2(C)CO. The number of rotatable bonds is 1. The molecule has 0 aliphatic heterocycles. The van der Waals surface area contributed by atoms with Crippen molar-refractivity contribution in [3.05, 3.63) is 34.9 Å². The summed E-state index contributed by atoms with van der Waals surface area (Å²) in [5, 5.41) is 30.0. The van der Waals surface area contributed by atoms with Gasteiger partial charge in [-0.15, -0.1) is 0 Å². The van der Waals surface area contributed by atoms with Gasteiger partial charge in [0.25, 0.3) is 0 Å². The number of allylic oxidation sites excluding steroid dienone is 2.